The molecule has 0 bridgehead atoms. The number of hydrogen-bond acceptors (Lipinski definition) is 2. The normalized spacial score (nSPS) is 23.0. The standard InChI is InChI=1S/C18H17NO/c20-18(14-7-6-13-8-9-19-17(13)10-14)16-11-15(16)12-4-2-1-3-5-12/h1-7,10,15-16,19H,8-9,11H2. The average Bonchev–Trinajstić information content (AvgIpc) is 3.17. The summed E-state index contributed by atoms with van der Waals surface area (Å²) in [5.74, 6) is 0.900. The molecule has 20 heavy (non-hydrogen) atoms. The van der Waals surface area contributed by atoms with Gasteiger partial charge in [-0.2, -0.15) is 0 Å². The summed E-state index contributed by atoms with van der Waals surface area (Å²) in [5.41, 5.74) is 4.64. The molecule has 2 heteroatoms. The van der Waals surface area contributed by atoms with E-state index in [9.17, 15) is 4.79 Å². The smallest absolute Gasteiger partial charge is 0.166 e. The first-order valence-corrected chi connectivity index (χ1v) is 7.29. The van der Waals surface area contributed by atoms with Crippen LogP contribution in [-0.4, -0.2) is 12.3 Å². The van der Waals surface area contributed by atoms with Gasteiger partial charge in [0.15, 0.2) is 5.78 Å². The van der Waals surface area contributed by atoms with Crippen molar-refractivity contribution in [2.45, 2.75) is 18.8 Å². The number of carbonyl (C=O) groups excluding carboxylic acids is 1. The van der Waals surface area contributed by atoms with Gasteiger partial charge in [-0.05, 0) is 36.0 Å². The molecule has 1 aliphatic carbocycles. The van der Waals surface area contributed by atoms with E-state index in [-0.39, 0.29) is 5.92 Å². The second-order valence-electron chi connectivity index (χ2n) is 5.77. The van der Waals surface area contributed by atoms with Gasteiger partial charge in [0.05, 0.1) is 0 Å². The zero-order valence-electron chi connectivity index (χ0n) is 11.3. The first-order valence-electron chi connectivity index (χ1n) is 7.29. The maximum atomic E-state index is 12.6. The lowest BCUT2D eigenvalue weighted by molar-refractivity contribution is 0.0965. The third-order valence-corrected chi connectivity index (χ3v) is 4.46. The van der Waals surface area contributed by atoms with Crippen molar-refractivity contribution in [1.29, 1.82) is 0 Å². The lowest BCUT2D eigenvalue weighted by Gasteiger charge is -2.04. The maximum Gasteiger partial charge on any atom is 0.166 e. The van der Waals surface area contributed by atoms with Crippen molar-refractivity contribution in [2.24, 2.45) is 5.92 Å². The molecule has 0 radical (unpaired) electrons. The van der Waals surface area contributed by atoms with E-state index in [2.05, 4.69) is 35.6 Å². The molecule has 2 unspecified atom stereocenters. The molecule has 1 N–H and O–H groups in total. The minimum Gasteiger partial charge on any atom is -0.384 e. The molecule has 0 aromatic heterocycles. The quantitative estimate of drug-likeness (QED) is 0.857. The summed E-state index contributed by atoms with van der Waals surface area (Å²) in [7, 11) is 0. The van der Waals surface area contributed by atoms with Crippen LogP contribution < -0.4 is 5.32 Å². The fourth-order valence-electron chi connectivity index (χ4n) is 3.21. The Hall–Kier alpha value is -2.09. The Labute approximate surface area is 118 Å². The minimum atomic E-state index is 0.178. The molecule has 0 amide bonds. The van der Waals surface area contributed by atoms with Crippen LogP contribution >= 0.6 is 0 Å². The number of anilines is 1. The Morgan fingerprint density at radius 3 is 2.80 bits per heavy atom. The van der Waals surface area contributed by atoms with Crippen molar-refractivity contribution >= 4 is 11.5 Å². The first-order chi connectivity index (χ1) is 9.83. The molecule has 2 aromatic carbocycles. The number of Topliss-reactive ketones (excluding diaryl/α,β-unsaturated/α-hetero) is 1. The molecule has 100 valence electrons. The molecule has 2 aromatic rings. The number of fused-ring (bicyclic) bond motifs is 1. The van der Waals surface area contributed by atoms with Crippen LogP contribution in [0.4, 0.5) is 5.69 Å². The predicted molar refractivity (Wildman–Crippen MR) is 80.3 cm³/mol. The first kappa shape index (κ1) is 11.7. The fraction of sp³-hybridized carbons (Fsp3) is 0.278. The Balaban J connectivity index is 1.55. The van der Waals surface area contributed by atoms with Gasteiger partial charge in [-0.15, -0.1) is 0 Å². The summed E-state index contributed by atoms with van der Waals surface area (Å²) in [5, 5.41) is 3.35. The van der Waals surface area contributed by atoms with Gasteiger partial charge in [0.25, 0.3) is 0 Å². The van der Waals surface area contributed by atoms with Crippen LogP contribution in [0.3, 0.4) is 0 Å². The van der Waals surface area contributed by atoms with Crippen molar-refractivity contribution in [3.8, 4) is 0 Å². The molecular weight excluding hydrogens is 246 g/mol. The van der Waals surface area contributed by atoms with Crippen LogP contribution in [0.25, 0.3) is 0 Å². The van der Waals surface area contributed by atoms with Gasteiger partial charge in [0, 0.05) is 23.7 Å². The number of hydrogen-bond donors (Lipinski definition) is 1. The monoisotopic (exact) mass is 263 g/mol. The molecule has 1 fully saturated rings. The summed E-state index contributed by atoms with van der Waals surface area (Å²) >= 11 is 0. The van der Waals surface area contributed by atoms with Crippen LogP contribution in [0.15, 0.2) is 48.5 Å². The molecule has 1 aliphatic heterocycles. The third kappa shape index (κ3) is 1.92. The van der Waals surface area contributed by atoms with E-state index >= 15 is 0 Å². The van der Waals surface area contributed by atoms with Crippen LogP contribution in [0.1, 0.15) is 33.8 Å². The van der Waals surface area contributed by atoms with Crippen LogP contribution in [0, 0.1) is 5.92 Å². The summed E-state index contributed by atoms with van der Waals surface area (Å²) in [6.07, 6.45) is 2.06. The highest BCUT2D eigenvalue weighted by Crippen LogP contribution is 2.49. The molecule has 2 atom stereocenters. The van der Waals surface area contributed by atoms with E-state index in [0.717, 1.165) is 30.6 Å². The number of nitrogens with one attached hydrogen (secondary N) is 1. The van der Waals surface area contributed by atoms with Crippen molar-refractivity contribution in [1.82, 2.24) is 0 Å². The van der Waals surface area contributed by atoms with Crippen molar-refractivity contribution in [3.63, 3.8) is 0 Å². The Bertz CT molecular complexity index is 662. The average molecular weight is 263 g/mol. The van der Waals surface area contributed by atoms with Crippen LogP contribution in [0.2, 0.25) is 0 Å². The van der Waals surface area contributed by atoms with Gasteiger partial charge in [0.2, 0.25) is 0 Å². The highest BCUT2D eigenvalue weighted by Gasteiger charge is 2.43. The van der Waals surface area contributed by atoms with Gasteiger partial charge < -0.3 is 5.32 Å². The second kappa shape index (κ2) is 4.48. The lowest BCUT2D eigenvalue weighted by Crippen LogP contribution is -2.04. The number of rotatable bonds is 3. The van der Waals surface area contributed by atoms with E-state index in [1.165, 1.54) is 11.1 Å². The molecule has 2 nitrogen and oxygen atoms in total. The van der Waals surface area contributed by atoms with Gasteiger partial charge in [-0.1, -0.05) is 42.5 Å². The highest BCUT2D eigenvalue weighted by molar-refractivity contribution is 6.01. The largest absolute Gasteiger partial charge is 0.384 e. The maximum absolute atomic E-state index is 12.6. The molecule has 4 rings (SSSR count). The topological polar surface area (TPSA) is 29.1 Å². The third-order valence-electron chi connectivity index (χ3n) is 4.46. The van der Waals surface area contributed by atoms with Crippen LogP contribution in [-0.2, 0) is 6.42 Å². The van der Waals surface area contributed by atoms with Gasteiger partial charge in [-0.3, -0.25) is 4.79 Å². The molecule has 1 heterocycles. The fourth-order valence-corrected chi connectivity index (χ4v) is 3.21. The molecule has 0 saturated heterocycles. The molecular formula is C18H17NO. The van der Waals surface area contributed by atoms with E-state index < -0.39 is 0 Å². The number of ketones is 1. The van der Waals surface area contributed by atoms with Crippen molar-refractivity contribution < 1.29 is 4.79 Å². The Morgan fingerprint density at radius 1 is 1.10 bits per heavy atom. The van der Waals surface area contributed by atoms with E-state index in [4.69, 9.17) is 0 Å². The SMILES string of the molecule is O=C(c1ccc2c(c1)NCC2)C1CC1c1ccccc1. The van der Waals surface area contributed by atoms with Gasteiger partial charge in [-0.25, -0.2) is 0 Å². The summed E-state index contributed by atoms with van der Waals surface area (Å²) in [6.45, 7) is 0.989. The number of benzene rings is 2. The van der Waals surface area contributed by atoms with Gasteiger partial charge in [0.1, 0.15) is 0 Å². The van der Waals surface area contributed by atoms with E-state index in [0.29, 0.717) is 11.7 Å². The predicted octanol–water partition coefficient (Wildman–Crippen LogP) is 3.64. The zero-order chi connectivity index (χ0) is 13.5. The van der Waals surface area contributed by atoms with Gasteiger partial charge >= 0.3 is 0 Å². The minimum absolute atomic E-state index is 0.178. The summed E-state index contributed by atoms with van der Waals surface area (Å²) in [4.78, 5) is 12.6. The molecule has 1 saturated carbocycles. The van der Waals surface area contributed by atoms with E-state index in [1.54, 1.807) is 0 Å². The highest BCUT2D eigenvalue weighted by atomic mass is 16.1. The van der Waals surface area contributed by atoms with E-state index in [1.807, 2.05) is 18.2 Å². The lowest BCUT2D eigenvalue weighted by atomic mass is 10.0. The zero-order valence-corrected chi connectivity index (χ0v) is 11.3. The van der Waals surface area contributed by atoms with Crippen molar-refractivity contribution in [2.75, 3.05) is 11.9 Å². The molecule has 2 aliphatic rings. The summed E-state index contributed by atoms with van der Waals surface area (Å²) < 4.78 is 0. The Morgan fingerprint density at radius 2 is 1.95 bits per heavy atom. The number of carbonyl (C=O) groups is 1. The summed E-state index contributed by atoms with van der Waals surface area (Å²) in [6, 6.07) is 16.5. The Kier molecular flexibility index (Phi) is 2.62. The second-order valence-corrected chi connectivity index (χ2v) is 5.77. The molecule has 0 spiro atoms. The van der Waals surface area contributed by atoms with Crippen molar-refractivity contribution in [3.05, 3.63) is 65.2 Å². The van der Waals surface area contributed by atoms with Crippen LogP contribution in [0.5, 0.6) is 0 Å².